The van der Waals surface area contributed by atoms with Crippen molar-refractivity contribution >= 4 is 34.0 Å². The molecule has 2 heterocycles. The number of hydrogen-bond donors (Lipinski definition) is 1. The van der Waals surface area contributed by atoms with Crippen LogP contribution >= 0.6 is 11.3 Å². The molecule has 10 nitrogen and oxygen atoms in total. The van der Waals surface area contributed by atoms with Gasteiger partial charge in [-0.3, -0.25) is 24.3 Å². The van der Waals surface area contributed by atoms with Crippen molar-refractivity contribution in [2.75, 3.05) is 11.9 Å². The quantitative estimate of drug-likeness (QED) is 0.457. The summed E-state index contributed by atoms with van der Waals surface area (Å²) in [5.41, 5.74) is -0.314. The third-order valence-corrected chi connectivity index (χ3v) is 4.48. The fourth-order valence-corrected chi connectivity index (χ4v) is 3.07. The van der Waals surface area contributed by atoms with Crippen LogP contribution in [0.5, 0.6) is 0 Å². The Hall–Kier alpha value is -3.08. The topological polar surface area (TPSA) is 133 Å². The summed E-state index contributed by atoms with van der Waals surface area (Å²) < 4.78 is 5.90. The summed E-state index contributed by atoms with van der Waals surface area (Å²) >= 11 is 0.950. The van der Waals surface area contributed by atoms with Crippen LogP contribution in [0.1, 0.15) is 28.0 Å². The van der Waals surface area contributed by atoms with Gasteiger partial charge in [0.25, 0.3) is 11.2 Å². The lowest BCUT2D eigenvalue weighted by molar-refractivity contribution is -0.386. The molecule has 0 aromatic carbocycles. The van der Waals surface area contributed by atoms with Gasteiger partial charge in [0.15, 0.2) is 5.13 Å². The Kier molecular flexibility index (Phi) is 5.82. The Morgan fingerprint density at radius 2 is 2.08 bits per heavy atom. The second-order valence-corrected chi connectivity index (χ2v) is 6.19. The molecule has 0 aliphatic carbocycles. The molecule has 0 saturated carbocycles. The van der Waals surface area contributed by atoms with E-state index >= 15 is 0 Å². The van der Waals surface area contributed by atoms with E-state index in [1.165, 1.54) is 6.92 Å². The molecule has 0 aliphatic heterocycles. The van der Waals surface area contributed by atoms with Crippen molar-refractivity contribution in [3.63, 3.8) is 0 Å². The number of aryl methyl sites for hydroxylation is 1. The van der Waals surface area contributed by atoms with Crippen LogP contribution in [-0.2, 0) is 16.1 Å². The van der Waals surface area contributed by atoms with E-state index < -0.39 is 28.9 Å². The lowest BCUT2D eigenvalue weighted by atomic mass is 10.3. The Morgan fingerprint density at radius 1 is 1.38 bits per heavy atom. The zero-order valence-electron chi connectivity index (χ0n) is 14.3. The number of nitrogens with one attached hydrogen (secondary N) is 1. The van der Waals surface area contributed by atoms with Crippen LogP contribution in [0.3, 0.4) is 0 Å². The van der Waals surface area contributed by atoms with Crippen LogP contribution in [0.4, 0.5) is 10.8 Å². The number of carbonyl (C=O) groups is 2. The fourth-order valence-electron chi connectivity index (χ4n) is 2.19. The molecule has 0 unspecified atom stereocenters. The van der Waals surface area contributed by atoms with Crippen LogP contribution in [0.15, 0.2) is 16.9 Å². The van der Waals surface area contributed by atoms with Gasteiger partial charge in [-0.1, -0.05) is 11.3 Å². The number of anilines is 1. The van der Waals surface area contributed by atoms with Crippen LogP contribution in [-0.4, -0.2) is 33.0 Å². The van der Waals surface area contributed by atoms with Gasteiger partial charge in [0.05, 0.1) is 22.9 Å². The van der Waals surface area contributed by atoms with Crippen molar-refractivity contribution in [1.82, 2.24) is 9.55 Å². The first-order chi connectivity index (χ1) is 12.2. The summed E-state index contributed by atoms with van der Waals surface area (Å²) in [6, 6.07) is 2.13. The first kappa shape index (κ1) is 19.2. The number of thiazole rings is 1. The van der Waals surface area contributed by atoms with Gasteiger partial charge in [-0.2, -0.15) is 0 Å². The summed E-state index contributed by atoms with van der Waals surface area (Å²) in [4.78, 5) is 50.6. The molecule has 11 heteroatoms. The van der Waals surface area contributed by atoms with E-state index in [1.54, 1.807) is 13.8 Å². The lowest BCUT2D eigenvalue weighted by Crippen LogP contribution is -2.29. The molecule has 0 atom stereocenters. The third-order valence-electron chi connectivity index (χ3n) is 3.43. The Morgan fingerprint density at radius 3 is 2.69 bits per heavy atom. The van der Waals surface area contributed by atoms with Crippen molar-refractivity contribution in [3.05, 3.63) is 48.9 Å². The number of ether oxygens (including phenoxy) is 1. The van der Waals surface area contributed by atoms with Gasteiger partial charge >= 0.3 is 5.97 Å². The van der Waals surface area contributed by atoms with Crippen molar-refractivity contribution in [2.45, 2.75) is 27.3 Å². The Labute approximate surface area is 151 Å². The monoisotopic (exact) mass is 380 g/mol. The number of amides is 1. The molecular weight excluding hydrogens is 364 g/mol. The Bertz CT molecular complexity index is 933. The van der Waals surface area contributed by atoms with E-state index in [4.69, 9.17) is 4.74 Å². The van der Waals surface area contributed by atoms with Gasteiger partial charge in [-0.25, -0.2) is 9.78 Å². The van der Waals surface area contributed by atoms with Gasteiger partial charge < -0.3 is 10.1 Å². The summed E-state index contributed by atoms with van der Waals surface area (Å²) in [5.74, 6) is -1.13. The van der Waals surface area contributed by atoms with Gasteiger partial charge in [0, 0.05) is 12.1 Å². The van der Waals surface area contributed by atoms with Crippen molar-refractivity contribution < 1.29 is 19.2 Å². The van der Waals surface area contributed by atoms with E-state index in [-0.39, 0.29) is 28.0 Å². The smallest absolute Gasteiger partial charge is 0.350 e. The molecule has 2 aromatic rings. The molecule has 0 bridgehead atoms. The molecule has 26 heavy (non-hydrogen) atoms. The van der Waals surface area contributed by atoms with E-state index in [0.717, 1.165) is 28.0 Å². The highest BCUT2D eigenvalue weighted by Gasteiger charge is 2.20. The predicted octanol–water partition coefficient (Wildman–Crippen LogP) is 1.65. The van der Waals surface area contributed by atoms with Crippen LogP contribution in [0, 0.1) is 24.0 Å². The molecule has 1 N–H and O–H groups in total. The second kappa shape index (κ2) is 7.87. The number of hydrogen-bond acceptors (Lipinski definition) is 8. The summed E-state index contributed by atoms with van der Waals surface area (Å²) in [7, 11) is 0. The van der Waals surface area contributed by atoms with Crippen LogP contribution < -0.4 is 10.9 Å². The highest BCUT2D eigenvalue weighted by Crippen LogP contribution is 2.23. The number of nitro groups is 1. The lowest BCUT2D eigenvalue weighted by Gasteiger charge is -2.09. The largest absolute Gasteiger partial charge is 0.462 e. The number of esters is 1. The van der Waals surface area contributed by atoms with E-state index in [9.17, 15) is 24.5 Å². The molecule has 0 fully saturated rings. The molecule has 1 amide bonds. The zero-order chi connectivity index (χ0) is 19.4. The van der Waals surface area contributed by atoms with Gasteiger partial charge in [0.1, 0.15) is 11.4 Å². The minimum Gasteiger partial charge on any atom is -0.462 e. The van der Waals surface area contributed by atoms with E-state index in [0.29, 0.717) is 5.69 Å². The molecular formula is C15H16N4O6S. The highest BCUT2D eigenvalue weighted by molar-refractivity contribution is 7.17. The molecule has 0 saturated heterocycles. The number of rotatable bonds is 6. The summed E-state index contributed by atoms with van der Waals surface area (Å²) in [6.07, 6.45) is 0. The fraction of sp³-hybridized carbons (Fsp3) is 0.333. The number of aromatic nitrogens is 2. The molecule has 2 aromatic heterocycles. The first-order valence-corrected chi connectivity index (χ1v) is 8.35. The van der Waals surface area contributed by atoms with Crippen LogP contribution in [0.2, 0.25) is 0 Å². The van der Waals surface area contributed by atoms with Crippen molar-refractivity contribution in [1.29, 1.82) is 0 Å². The third kappa shape index (κ3) is 4.11. The minimum atomic E-state index is -0.626. The normalized spacial score (nSPS) is 10.4. The van der Waals surface area contributed by atoms with Gasteiger partial charge in [-0.05, 0) is 20.8 Å². The zero-order valence-corrected chi connectivity index (χ0v) is 15.1. The van der Waals surface area contributed by atoms with E-state index in [2.05, 4.69) is 10.3 Å². The molecule has 0 radical (unpaired) electrons. The molecule has 138 valence electrons. The Balaban J connectivity index is 2.19. The SMILES string of the molecule is CCOC(=O)c1sc(NC(=O)Cn2c(C)c([N+](=O)[O-])ccc2=O)nc1C. The maximum absolute atomic E-state index is 12.2. The van der Waals surface area contributed by atoms with Gasteiger partial charge in [0.2, 0.25) is 5.91 Å². The second-order valence-electron chi connectivity index (χ2n) is 5.19. The predicted molar refractivity (Wildman–Crippen MR) is 93.5 cm³/mol. The standard InChI is InChI=1S/C15H16N4O6S/c1-4-25-14(22)13-8(2)16-15(26-13)17-11(20)7-18-9(3)10(19(23)24)5-6-12(18)21/h5-6H,4,7H2,1-3H3,(H,16,17,20). The average molecular weight is 380 g/mol. The van der Waals surface area contributed by atoms with Crippen molar-refractivity contribution in [2.24, 2.45) is 0 Å². The summed E-state index contributed by atoms with van der Waals surface area (Å²) in [6.45, 7) is 4.47. The molecule has 0 aliphatic rings. The minimum absolute atomic E-state index is 0.0696. The first-order valence-electron chi connectivity index (χ1n) is 7.53. The van der Waals surface area contributed by atoms with E-state index in [1.807, 2.05) is 0 Å². The maximum atomic E-state index is 12.2. The molecule has 0 spiro atoms. The van der Waals surface area contributed by atoms with Crippen molar-refractivity contribution in [3.8, 4) is 0 Å². The van der Waals surface area contributed by atoms with Crippen LogP contribution in [0.25, 0.3) is 0 Å². The average Bonchev–Trinajstić information content (AvgIpc) is 2.91. The molecule has 2 rings (SSSR count). The summed E-state index contributed by atoms with van der Waals surface area (Å²) in [5, 5.41) is 13.6. The number of carbonyl (C=O) groups excluding carboxylic acids is 2. The highest BCUT2D eigenvalue weighted by atomic mass is 32.1. The maximum Gasteiger partial charge on any atom is 0.350 e. The van der Waals surface area contributed by atoms with Gasteiger partial charge in [-0.15, -0.1) is 0 Å². The number of nitrogens with zero attached hydrogens (tertiary/aromatic N) is 3. The number of pyridine rings is 1.